The van der Waals surface area contributed by atoms with Crippen molar-refractivity contribution in [2.75, 3.05) is 0 Å². The van der Waals surface area contributed by atoms with Crippen LogP contribution in [0, 0.1) is 17.3 Å². The maximum Gasteiger partial charge on any atom is 0.326 e. The fourth-order valence-electron chi connectivity index (χ4n) is 4.90. The molecule has 158 valence electrons. The Bertz CT molecular complexity index is 969. The second kappa shape index (κ2) is 7.86. The molecule has 2 aromatic heterocycles. The van der Waals surface area contributed by atoms with Crippen LogP contribution in [0.5, 0.6) is 0 Å². The topological polar surface area (TPSA) is 61.2 Å². The minimum Gasteiger partial charge on any atom is -0.461 e. The zero-order valence-corrected chi connectivity index (χ0v) is 18.8. The Labute approximate surface area is 176 Å². The molecule has 3 atom stereocenters. The van der Waals surface area contributed by atoms with E-state index in [1.165, 1.54) is 22.2 Å². The highest BCUT2D eigenvalue weighted by Gasteiger charge is 2.32. The van der Waals surface area contributed by atoms with E-state index in [4.69, 9.17) is 4.74 Å². The van der Waals surface area contributed by atoms with Crippen LogP contribution in [0.2, 0.25) is 0 Å². The Morgan fingerprint density at radius 1 is 1.31 bits per heavy atom. The van der Waals surface area contributed by atoms with Gasteiger partial charge < -0.3 is 4.74 Å². The van der Waals surface area contributed by atoms with E-state index < -0.39 is 0 Å². The number of nitrogens with zero attached hydrogens (tertiary/aromatic N) is 2. The summed E-state index contributed by atoms with van der Waals surface area (Å²) in [5.41, 5.74) is 1.32. The van der Waals surface area contributed by atoms with Gasteiger partial charge in [-0.05, 0) is 61.3 Å². The average Bonchev–Trinajstić information content (AvgIpc) is 3.01. The number of thiophene rings is 1. The van der Waals surface area contributed by atoms with Crippen molar-refractivity contribution in [1.29, 1.82) is 0 Å². The van der Waals surface area contributed by atoms with Gasteiger partial charge in [0.2, 0.25) is 0 Å². The number of esters is 1. The first-order chi connectivity index (χ1) is 13.7. The van der Waals surface area contributed by atoms with Crippen LogP contribution in [0.1, 0.15) is 70.2 Å². The normalized spacial score (nSPS) is 25.0. The van der Waals surface area contributed by atoms with Crippen molar-refractivity contribution >= 4 is 27.5 Å². The lowest BCUT2D eigenvalue weighted by molar-refractivity contribution is -0.152. The van der Waals surface area contributed by atoms with Crippen molar-refractivity contribution in [2.45, 2.75) is 85.3 Å². The largest absolute Gasteiger partial charge is 0.461 e. The summed E-state index contributed by atoms with van der Waals surface area (Å²) in [5.74, 6) is 0.888. The average molecular weight is 417 g/mol. The van der Waals surface area contributed by atoms with Crippen molar-refractivity contribution in [3.63, 3.8) is 0 Å². The molecule has 0 N–H and O–H groups in total. The number of aromatic nitrogens is 2. The Morgan fingerprint density at radius 3 is 2.83 bits per heavy atom. The molecule has 6 heteroatoms. The third-order valence-corrected chi connectivity index (χ3v) is 7.91. The number of hydrogen-bond acceptors (Lipinski definition) is 5. The molecular formula is C23H32N2O3S. The van der Waals surface area contributed by atoms with E-state index in [0.29, 0.717) is 11.8 Å². The molecule has 0 spiro atoms. The number of carbonyl (C=O) groups is 1. The summed E-state index contributed by atoms with van der Waals surface area (Å²) in [5, 5.41) is 0.721. The lowest BCUT2D eigenvalue weighted by atomic mass is 9.72. The van der Waals surface area contributed by atoms with Gasteiger partial charge in [-0.25, -0.2) is 4.98 Å². The van der Waals surface area contributed by atoms with Gasteiger partial charge in [-0.15, -0.1) is 11.3 Å². The van der Waals surface area contributed by atoms with Crippen LogP contribution < -0.4 is 5.56 Å². The van der Waals surface area contributed by atoms with Gasteiger partial charge in [-0.2, -0.15) is 0 Å². The Morgan fingerprint density at radius 2 is 2.10 bits per heavy atom. The van der Waals surface area contributed by atoms with Gasteiger partial charge >= 0.3 is 5.97 Å². The Kier molecular flexibility index (Phi) is 5.58. The quantitative estimate of drug-likeness (QED) is 0.679. The summed E-state index contributed by atoms with van der Waals surface area (Å²) >= 11 is 1.65. The maximum atomic E-state index is 13.1. The molecule has 0 amide bonds. The van der Waals surface area contributed by atoms with E-state index in [1.54, 1.807) is 11.3 Å². The first-order valence-corrected chi connectivity index (χ1v) is 11.7. The van der Waals surface area contributed by atoms with Crippen LogP contribution in [-0.2, 0) is 28.9 Å². The monoisotopic (exact) mass is 416 g/mol. The second-order valence-corrected chi connectivity index (χ2v) is 11.1. The summed E-state index contributed by atoms with van der Waals surface area (Å²) in [7, 11) is 0. The van der Waals surface area contributed by atoms with Gasteiger partial charge in [-0.3, -0.25) is 14.2 Å². The molecule has 2 aliphatic rings. The molecule has 0 bridgehead atoms. The van der Waals surface area contributed by atoms with E-state index in [9.17, 15) is 9.59 Å². The minimum absolute atomic E-state index is 0.0121. The lowest BCUT2D eigenvalue weighted by Crippen LogP contribution is -2.30. The molecule has 2 heterocycles. The van der Waals surface area contributed by atoms with Crippen LogP contribution in [0.15, 0.2) is 11.1 Å². The van der Waals surface area contributed by atoms with Gasteiger partial charge in [0, 0.05) is 4.88 Å². The zero-order valence-electron chi connectivity index (χ0n) is 18.0. The van der Waals surface area contributed by atoms with Crippen LogP contribution in [0.25, 0.3) is 10.2 Å². The third kappa shape index (κ3) is 4.27. The summed E-state index contributed by atoms with van der Waals surface area (Å²) in [6.07, 6.45) is 8.68. The van der Waals surface area contributed by atoms with E-state index in [1.807, 2.05) is 0 Å². The molecule has 0 radical (unpaired) electrons. The molecule has 0 saturated heterocycles. The smallest absolute Gasteiger partial charge is 0.326 e. The van der Waals surface area contributed by atoms with E-state index in [0.717, 1.165) is 54.3 Å². The highest BCUT2D eigenvalue weighted by molar-refractivity contribution is 7.18. The molecule has 4 rings (SSSR count). The Hall–Kier alpha value is -1.69. The standard InChI is InChI=1S/C23H32N2O3S/c1-14-6-5-7-16(10-14)28-19(26)12-25-13-24-21-20(22(25)27)17-9-8-15(23(2,3)4)11-18(17)29-21/h13-16H,5-12H2,1-4H3. The van der Waals surface area contributed by atoms with E-state index in [-0.39, 0.29) is 29.6 Å². The third-order valence-electron chi connectivity index (χ3n) is 6.75. The number of fused-ring (bicyclic) bond motifs is 3. The minimum atomic E-state index is -0.329. The van der Waals surface area contributed by atoms with Crippen molar-refractivity contribution in [3.8, 4) is 0 Å². The molecule has 0 aromatic carbocycles. The van der Waals surface area contributed by atoms with Gasteiger partial charge in [-0.1, -0.05) is 34.1 Å². The number of rotatable bonds is 3. The van der Waals surface area contributed by atoms with Crippen LogP contribution in [0.4, 0.5) is 0 Å². The van der Waals surface area contributed by atoms with Crippen molar-refractivity contribution in [2.24, 2.45) is 17.3 Å². The van der Waals surface area contributed by atoms with Crippen molar-refractivity contribution in [1.82, 2.24) is 9.55 Å². The number of carbonyl (C=O) groups excluding carboxylic acids is 1. The lowest BCUT2D eigenvalue weighted by Gasteiger charge is -2.33. The van der Waals surface area contributed by atoms with Gasteiger partial charge in [0.1, 0.15) is 17.5 Å². The molecule has 1 fully saturated rings. The van der Waals surface area contributed by atoms with Gasteiger partial charge in [0.05, 0.1) is 11.7 Å². The summed E-state index contributed by atoms with van der Waals surface area (Å²) in [4.78, 5) is 32.2. The molecule has 2 aliphatic carbocycles. The van der Waals surface area contributed by atoms with Crippen LogP contribution in [0.3, 0.4) is 0 Å². The van der Waals surface area contributed by atoms with Crippen molar-refractivity contribution in [3.05, 3.63) is 27.1 Å². The fourth-order valence-corrected chi connectivity index (χ4v) is 6.16. The zero-order chi connectivity index (χ0) is 20.8. The summed E-state index contributed by atoms with van der Waals surface area (Å²) in [6, 6.07) is 0. The number of aryl methyl sites for hydroxylation is 1. The molecule has 29 heavy (non-hydrogen) atoms. The highest BCUT2D eigenvalue weighted by atomic mass is 32.1. The fraction of sp³-hybridized carbons (Fsp3) is 0.696. The van der Waals surface area contributed by atoms with E-state index in [2.05, 4.69) is 32.7 Å². The first kappa shape index (κ1) is 20.6. The van der Waals surface area contributed by atoms with Crippen molar-refractivity contribution < 1.29 is 9.53 Å². The molecule has 3 unspecified atom stereocenters. The predicted octanol–water partition coefficient (Wildman–Crippen LogP) is 4.73. The summed E-state index contributed by atoms with van der Waals surface area (Å²) in [6.45, 7) is 9.02. The second-order valence-electron chi connectivity index (χ2n) is 10.1. The number of hydrogen-bond donors (Lipinski definition) is 0. The Balaban J connectivity index is 1.54. The molecule has 1 saturated carbocycles. The molecular weight excluding hydrogens is 384 g/mol. The van der Waals surface area contributed by atoms with E-state index >= 15 is 0 Å². The summed E-state index contributed by atoms with van der Waals surface area (Å²) < 4.78 is 7.08. The molecule has 5 nitrogen and oxygen atoms in total. The SMILES string of the molecule is CC1CCCC(OC(=O)Cn2cnc3sc4c(c3c2=O)CCC(C(C)(C)C)C4)C1. The number of ether oxygens (including phenoxy) is 1. The molecule has 0 aliphatic heterocycles. The molecule has 2 aromatic rings. The van der Waals surface area contributed by atoms with Crippen LogP contribution >= 0.6 is 11.3 Å². The van der Waals surface area contributed by atoms with Crippen LogP contribution in [-0.4, -0.2) is 21.6 Å². The highest BCUT2D eigenvalue weighted by Crippen LogP contribution is 2.41. The van der Waals surface area contributed by atoms with Gasteiger partial charge in [0.25, 0.3) is 5.56 Å². The first-order valence-electron chi connectivity index (χ1n) is 10.9. The van der Waals surface area contributed by atoms with Gasteiger partial charge in [0.15, 0.2) is 0 Å². The maximum absolute atomic E-state index is 13.1. The predicted molar refractivity (Wildman–Crippen MR) is 116 cm³/mol.